The smallest absolute Gasteiger partial charge is 0.303 e. The normalized spacial score (nSPS) is 22.2. The van der Waals surface area contributed by atoms with Crippen molar-refractivity contribution < 1.29 is 24.9 Å². The van der Waals surface area contributed by atoms with Crippen LogP contribution in [0.3, 0.4) is 0 Å². The minimum Gasteiger partial charge on any atom is -0.508 e. The van der Waals surface area contributed by atoms with Gasteiger partial charge in [0.15, 0.2) is 0 Å². The molecule has 5 nitrogen and oxygen atoms in total. The van der Waals surface area contributed by atoms with Crippen LogP contribution in [-0.4, -0.2) is 46.0 Å². The third-order valence-corrected chi connectivity index (χ3v) is 6.56. The summed E-state index contributed by atoms with van der Waals surface area (Å²) in [6.07, 6.45) is 13.1. The van der Waals surface area contributed by atoms with Crippen LogP contribution in [0.5, 0.6) is 5.75 Å². The van der Waals surface area contributed by atoms with E-state index in [1.165, 1.54) is 0 Å². The molecule has 6 heteroatoms. The predicted molar refractivity (Wildman–Crippen MR) is 128 cm³/mol. The van der Waals surface area contributed by atoms with Crippen molar-refractivity contribution >= 4 is 17.6 Å². The van der Waals surface area contributed by atoms with Crippen LogP contribution in [0.1, 0.15) is 56.6 Å². The number of allylic oxidation sites excluding steroid dienone is 3. The second-order valence-electron chi connectivity index (χ2n) is 8.48. The highest BCUT2D eigenvalue weighted by Crippen LogP contribution is 2.39. The second kappa shape index (κ2) is 14.4. The lowest BCUT2D eigenvalue weighted by Gasteiger charge is -2.18. The quantitative estimate of drug-likeness (QED) is 0.198. The number of unbranched alkanes of at least 4 members (excludes halogenated alkanes) is 1. The van der Waals surface area contributed by atoms with Gasteiger partial charge in [0.25, 0.3) is 0 Å². The molecule has 0 aromatic heterocycles. The molecule has 1 fully saturated rings. The van der Waals surface area contributed by atoms with Crippen LogP contribution < -0.4 is 0 Å². The molecule has 0 heterocycles. The van der Waals surface area contributed by atoms with Crippen LogP contribution in [0, 0.1) is 11.8 Å². The number of carboxylic acid groups (broad SMARTS) is 1. The molecule has 1 aliphatic rings. The molecule has 0 amide bonds. The van der Waals surface area contributed by atoms with Crippen molar-refractivity contribution in [3.63, 3.8) is 0 Å². The Hall–Kier alpha value is -1.82. The zero-order valence-corrected chi connectivity index (χ0v) is 19.7. The van der Waals surface area contributed by atoms with Crippen LogP contribution in [-0.2, 0) is 22.4 Å². The largest absolute Gasteiger partial charge is 0.508 e. The molecule has 178 valence electrons. The first-order valence-corrected chi connectivity index (χ1v) is 12.1. The monoisotopic (exact) mass is 464 g/mol. The zero-order valence-electron chi connectivity index (χ0n) is 19.0. The maximum Gasteiger partial charge on any atom is 0.303 e. The number of hydrogen-bond donors (Lipinski definition) is 3. The fraction of sp³-hybridized carbons (Fsp3) is 0.577. The number of aromatic hydroxyl groups is 1. The van der Waals surface area contributed by atoms with Crippen LogP contribution >= 0.6 is 11.6 Å². The maximum absolute atomic E-state index is 10.6. The van der Waals surface area contributed by atoms with Gasteiger partial charge in [0.05, 0.1) is 12.7 Å². The van der Waals surface area contributed by atoms with Crippen LogP contribution in [0.25, 0.3) is 0 Å². The molecule has 1 aromatic carbocycles. The molecule has 4 atom stereocenters. The van der Waals surface area contributed by atoms with E-state index in [9.17, 15) is 15.0 Å². The number of rotatable bonds is 14. The predicted octanol–water partition coefficient (Wildman–Crippen LogP) is 5.27. The van der Waals surface area contributed by atoms with E-state index in [4.69, 9.17) is 21.4 Å². The number of phenolic OH excluding ortho intramolecular Hbond substituents is 1. The average Bonchev–Trinajstić information content (AvgIpc) is 3.10. The number of aliphatic hydroxyl groups is 1. The first kappa shape index (κ1) is 26.4. The van der Waals surface area contributed by atoms with Gasteiger partial charge < -0.3 is 20.1 Å². The number of benzene rings is 1. The molecule has 3 N–H and O–H groups in total. The van der Waals surface area contributed by atoms with Gasteiger partial charge in [0.1, 0.15) is 5.75 Å². The number of phenols is 1. The van der Waals surface area contributed by atoms with Gasteiger partial charge in [-0.2, -0.15) is 0 Å². The molecular formula is C26H37ClO5. The molecule has 0 spiro atoms. The second-order valence-corrected chi connectivity index (χ2v) is 9.04. The van der Waals surface area contributed by atoms with E-state index in [1.54, 1.807) is 6.07 Å². The number of carbonyl (C=O) groups is 1. The van der Waals surface area contributed by atoms with E-state index in [-0.39, 0.29) is 17.5 Å². The lowest BCUT2D eigenvalue weighted by molar-refractivity contribution is -0.137. The van der Waals surface area contributed by atoms with Crippen LogP contribution in [0.15, 0.2) is 42.5 Å². The Morgan fingerprint density at radius 2 is 2.12 bits per heavy atom. The molecule has 0 bridgehead atoms. The van der Waals surface area contributed by atoms with Crippen molar-refractivity contribution in [2.24, 2.45) is 11.8 Å². The summed E-state index contributed by atoms with van der Waals surface area (Å²) < 4.78 is 5.37. The Balaban J connectivity index is 1.86. The lowest BCUT2D eigenvalue weighted by atomic mass is 9.91. The van der Waals surface area contributed by atoms with Gasteiger partial charge in [-0.15, -0.1) is 11.6 Å². The Morgan fingerprint density at radius 3 is 2.88 bits per heavy atom. The van der Waals surface area contributed by atoms with Gasteiger partial charge in [0.2, 0.25) is 0 Å². The number of alkyl halides is 1. The summed E-state index contributed by atoms with van der Waals surface area (Å²) in [6.45, 7) is 3.15. The molecule has 1 aliphatic carbocycles. The fourth-order valence-corrected chi connectivity index (χ4v) is 4.64. The minimum absolute atomic E-state index is 0.121. The van der Waals surface area contributed by atoms with Crippen molar-refractivity contribution in [1.29, 1.82) is 0 Å². The Morgan fingerprint density at radius 1 is 1.31 bits per heavy atom. The van der Waals surface area contributed by atoms with Gasteiger partial charge in [-0.05, 0) is 74.5 Å². The summed E-state index contributed by atoms with van der Waals surface area (Å²) in [5, 5.41) is 29.4. The third kappa shape index (κ3) is 9.35. The molecule has 32 heavy (non-hydrogen) atoms. The summed E-state index contributed by atoms with van der Waals surface area (Å²) in [5.41, 5.74) is 1.82. The van der Waals surface area contributed by atoms with Crippen LogP contribution in [0.2, 0.25) is 0 Å². The number of carboxylic acids is 1. The molecule has 1 saturated carbocycles. The highest BCUT2D eigenvalue weighted by atomic mass is 35.5. The molecule has 2 unspecified atom stereocenters. The maximum atomic E-state index is 10.6. The Labute approximate surface area is 196 Å². The first-order valence-electron chi connectivity index (χ1n) is 11.7. The van der Waals surface area contributed by atoms with Crippen molar-refractivity contribution in [3.05, 3.63) is 53.6 Å². The highest BCUT2D eigenvalue weighted by Gasteiger charge is 2.32. The topological polar surface area (TPSA) is 87.0 Å². The molecule has 1 aromatic rings. The van der Waals surface area contributed by atoms with Gasteiger partial charge in [-0.1, -0.05) is 36.4 Å². The van der Waals surface area contributed by atoms with Gasteiger partial charge in [0, 0.05) is 24.8 Å². The fourth-order valence-electron chi connectivity index (χ4n) is 4.22. The molecule has 0 radical (unpaired) electrons. The van der Waals surface area contributed by atoms with Gasteiger partial charge in [-0.25, -0.2) is 0 Å². The molecule has 0 aliphatic heterocycles. The van der Waals surface area contributed by atoms with Crippen molar-refractivity contribution in [2.45, 2.75) is 69.8 Å². The van der Waals surface area contributed by atoms with E-state index in [0.29, 0.717) is 44.3 Å². The molecule has 0 saturated heterocycles. The standard InChI is InChI=1S/C26H37ClO5/c1-2-32-16-15-21-17-19(9-14-25(21)29)18-22(28)12-10-20-11-13-24(27)23(20)7-5-3-4-6-8-26(30)31/h3,5,9-10,12,14,17,20,22-24,28-29H,2,4,6-8,11,13,15-16,18H2,1H3,(H,30,31)/b5-3-,12-10+/t20?,22?,23-,24-/m1/s1. The SMILES string of the molecule is CCOCCc1cc(CC(O)/C=C/C2CC[C@@H](Cl)[C@@H]2C/C=C\CCCC(=O)O)ccc1O. The molecule has 2 rings (SSSR count). The number of aliphatic hydroxyl groups excluding tert-OH is 1. The third-order valence-electron chi connectivity index (χ3n) is 6.02. The Kier molecular flexibility index (Phi) is 11.9. The van der Waals surface area contributed by atoms with E-state index >= 15 is 0 Å². The number of halogens is 1. The number of ether oxygens (including phenoxy) is 1. The summed E-state index contributed by atoms with van der Waals surface area (Å²) in [7, 11) is 0. The minimum atomic E-state index is -0.757. The van der Waals surface area contributed by atoms with E-state index < -0.39 is 12.1 Å². The lowest BCUT2D eigenvalue weighted by Crippen LogP contribution is -2.14. The zero-order chi connectivity index (χ0) is 23.3. The van der Waals surface area contributed by atoms with Crippen molar-refractivity contribution in [1.82, 2.24) is 0 Å². The van der Waals surface area contributed by atoms with E-state index in [2.05, 4.69) is 18.2 Å². The summed E-state index contributed by atoms with van der Waals surface area (Å²) >= 11 is 6.54. The van der Waals surface area contributed by atoms with Crippen molar-refractivity contribution in [2.75, 3.05) is 13.2 Å². The number of hydrogen-bond acceptors (Lipinski definition) is 4. The van der Waals surface area contributed by atoms with Crippen LogP contribution in [0.4, 0.5) is 0 Å². The van der Waals surface area contributed by atoms with Crippen molar-refractivity contribution in [3.8, 4) is 5.75 Å². The van der Waals surface area contributed by atoms with Gasteiger partial charge in [-0.3, -0.25) is 4.79 Å². The molecular weight excluding hydrogens is 428 g/mol. The van der Waals surface area contributed by atoms with Gasteiger partial charge >= 0.3 is 5.97 Å². The summed E-state index contributed by atoms with van der Waals surface area (Å²) in [5.74, 6) is 0.163. The van der Waals surface area contributed by atoms with E-state index in [1.807, 2.05) is 25.1 Å². The van der Waals surface area contributed by atoms with E-state index in [0.717, 1.165) is 36.8 Å². The highest BCUT2D eigenvalue weighted by molar-refractivity contribution is 6.21. The number of aliphatic carboxylic acids is 1. The Bertz CT molecular complexity index is 761. The average molecular weight is 465 g/mol. The summed E-state index contributed by atoms with van der Waals surface area (Å²) in [6, 6.07) is 5.47. The first-order chi connectivity index (χ1) is 15.4. The summed E-state index contributed by atoms with van der Waals surface area (Å²) in [4.78, 5) is 10.6.